The number of hydrogen-bond acceptors (Lipinski definition) is 3. The molecular formula is C20H16ClNO4. The number of rotatable bonds is 7. The molecule has 0 saturated carbocycles. The molecule has 0 aromatic heterocycles. The van der Waals surface area contributed by atoms with Crippen molar-refractivity contribution in [3.63, 3.8) is 0 Å². The third-order valence-corrected chi connectivity index (χ3v) is 3.68. The van der Waals surface area contributed by atoms with Crippen molar-refractivity contribution in [1.82, 2.24) is 0 Å². The second kappa shape index (κ2) is 8.78. The van der Waals surface area contributed by atoms with E-state index in [9.17, 15) is 14.4 Å². The maximum Gasteiger partial charge on any atom is 0.331 e. The van der Waals surface area contributed by atoms with Crippen molar-refractivity contribution in [3.8, 4) is 0 Å². The molecule has 1 amide bonds. The number of hydrogen-bond donors (Lipinski definition) is 2. The summed E-state index contributed by atoms with van der Waals surface area (Å²) < 4.78 is 0. The Hall–Kier alpha value is -3.18. The molecule has 2 N–H and O–H groups in total. The number of ketones is 1. The van der Waals surface area contributed by atoms with Crippen molar-refractivity contribution in [2.24, 2.45) is 0 Å². The average Bonchev–Trinajstić information content (AvgIpc) is 2.61. The number of anilines is 1. The highest BCUT2D eigenvalue weighted by atomic mass is 35.5. The molecule has 0 fully saturated rings. The van der Waals surface area contributed by atoms with Crippen LogP contribution in [0.1, 0.15) is 22.3 Å². The van der Waals surface area contributed by atoms with Crippen LogP contribution in [0.5, 0.6) is 0 Å². The predicted molar refractivity (Wildman–Crippen MR) is 101 cm³/mol. The van der Waals surface area contributed by atoms with Gasteiger partial charge in [0.05, 0.1) is 6.42 Å². The van der Waals surface area contributed by atoms with Crippen molar-refractivity contribution in [2.75, 3.05) is 5.32 Å². The fourth-order valence-electron chi connectivity index (χ4n) is 2.03. The van der Waals surface area contributed by atoms with E-state index in [-0.39, 0.29) is 17.8 Å². The Morgan fingerprint density at radius 3 is 2.23 bits per heavy atom. The lowest BCUT2D eigenvalue weighted by atomic mass is 10.1. The van der Waals surface area contributed by atoms with Crippen LogP contribution in [0, 0.1) is 0 Å². The van der Waals surface area contributed by atoms with Crippen LogP contribution >= 0.6 is 11.6 Å². The number of carbonyl (C=O) groups excluding carboxylic acids is 2. The van der Waals surface area contributed by atoms with Crippen LogP contribution in [0.25, 0.3) is 6.08 Å². The Morgan fingerprint density at radius 2 is 1.65 bits per heavy atom. The summed E-state index contributed by atoms with van der Waals surface area (Å²) in [5.41, 5.74) is 1.58. The molecular weight excluding hydrogens is 354 g/mol. The molecule has 0 radical (unpaired) electrons. The molecule has 132 valence electrons. The molecule has 0 aliphatic heterocycles. The van der Waals surface area contributed by atoms with E-state index in [0.717, 1.165) is 5.56 Å². The van der Waals surface area contributed by atoms with Gasteiger partial charge in [0.2, 0.25) is 5.91 Å². The summed E-state index contributed by atoms with van der Waals surface area (Å²) in [6.45, 7) is 3.30. The quantitative estimate of drug-likeness (QED) is 0.565. The van der Waals surface area contributed by atoms with Gasteiger partial charge < -0.3 is 10.4 Å². The summed E-state index contributed by atoms with van der Waals surface area (Å²) in [6.07, 6.45) is 2.83. The zero-order chi connectivity index (χ0) is 19.1. The second-order valence-electron chi connectivity index (χ2n) is 5.46. The minimum absolute atomic E-state index is 0.183. The fourth-order valence-corrected chi connectivity index (χ4v) is 2.16. The highest BCUT2D eigenvalue weighted by Crippen LogP contribution is 2.14. The average molecular weight is 370 g/mol. The number of halogens is 1. The van der Waals surface area contributed by atoms with Crippen LogP contribution in [0.2, 0.25) is 5.02 Å². The SMILES string of the molecule is C=C(CC(=O)Nc1ccc(C(=O)C=Cc2ccc(Cl)cc2)cc1)C(=O)O. The molecule has 6 heteroatoms. The van der Waals surface area contributed by atoms with Crippen molar-refractivity contribution in [3.05, 3.63) is 82.9 Å². The van der Waals surface area contributed by atoms with Crippen LogP contribution < -0.4 is 5.32 Å². The van der Waals surface area contributed by atoms with Crippen molar-refractivity contribution in [1.29, 1.82) is 0 Å². The summed E-state index contributed by atoms with van der Waals surface area (Å²) in [5.74, 6) is -1.88. The normalized spacial score (nSPS) is 10.5. The van der Waals surface area contributed by atoms with Crippen LogP contribution in [-0.2, 0) is 9.59 Å². The predicted octanol–water partition coefficient (Wildman–Crippen LogP) is 4.21. The van der Waals surface area contributed by atoms with E-state index < -0.39 is 11.9 Å². The lowest BCUT2D eigenvalue weighted by molar-refractivity contribution is -0.133. The number of benzene rings is 2. The number of carboxylic acid groups (broad SMARTS) is 1. The smallest absolute Gasteiger partial charge is 0.331 e. The van der Waals surface area contributed by atoms with E-state index in [1.807, 2.05) is 0 Å². The molecule has 2 aromatic carbocycles. The summed E-state index contributed by atoms with van der Waals surface area (Å²) in [7, 11) is 0. The van der Waals surface area contributed by atoms with E-state index in [1.165, 1.54) is 6.08 Å². The van der Waals surface area contributed by atoms with Gasteiger partial charge >= 0.3 is 5.97 Å². The zero-order valence-corrected chi connectivity index (χ0v) is 14.5. The van der Waals surface area contributed by atoms with Gasteiger partial charge in [-0.2, -0.15) is 0 Å². The largest absolute Gasteiger partial charge is 0.478 e. The first-order valence-electron chi connectivity index (χ1n) is 7.64. The minimum Gasteiger partial charge on any atom is -0.478 e. The first kappa shape index (κ1) is 19.1. The molecule has 2 aromatic rings. The zero-order valence-electron chi connectivity index (χ0n) is 13.7. The van der Waals surface area contributed by atoms with Gasteiger partial charge in [0.25, 0.3) is 0 Å². The first-order valence-corrected chi connectivity index (χ1v) is 8.02. The molecule has 0 atom stereocenters. The van der Waals surface area contributed by atoms with Gasteiger partial charge in [0.1, 0.15) is 0 Å². The number of nitrogens with one attached hydrogen (secondary N) is 1. The number of carbonyl (C=O) groups is 3. The molecule has 0 heterocycles. The molecule has 0 unspecified atom stereocenters. The summed E-state index contributed by atoms with van der Waals surface area (Å²) in [4.78, 5) is 34.5. The lowest BCUT2D eigenvalue weighted by Gasteiger charge is -2.05. The third kappa shape index (κ3) is 5.72. The molecule has 2 rings (SSSR count). The number of aliphatic carboxylic acids is 1. The van der Waals surface area contributed by atoms with Gasteiger partial charge in [-0.3, -0.25) is 9.59 Å². The van der Waals surface area contributed by atoms with Gasteiger partial charge in [-0.25, -0.2) is 4.79 Å². The van der Waals surface area contributed by atoms with Crippen molar-refractivity contribution < 1.29 is 19.5 Å². The lowest BCUT2D eigenvalue weighted by Crippen LogP contribution is -2.14. The van der Waals surface area contributed by atoms with E-state index in [4.69, 9.17) is 16.7 Å². The van der Waals surface area contributed by atoms with E-state index in [1.54, 1.807) is 54.6 Å². The molecule has 0 aliphatic carbocycles. The number of amides is 1. The Balaban J connectivity index is 1.96. The topological polar surface area (TPSA) is 83.5 Å². The Labute approximate surface area is 155 Å². The van der Waals surface area contributed by atoms with E-state index in [0.29, 0.717) is 16.3 Å². The molecule has 0 aliphatic rings. The van der Waals surface area contributed by atoms with Crippen molar-refractivity contribution in [2.45, 2.75) is 6.42 Å². The number of allylic oxidation sites excluding steroid dienone is 1. The van der Waals surface area contributed by atoms with Crippen LogP contribution in [0.3, 0.4) is 0 Å². The van der Waals surface area contributed by atoms with E-state index in [2.05, 4.69) is 11.9 Å². The standard InChI is InChI=1S/C20H16ClNO4/c1-13(20(25)26)12-19(24)22-17-9-5-15(6-10-17)18(23)11-4-14-2-7-16(21)8-3-14/h2-11H,1,12H2,(H,22,24)(H,25,26). The highest BCUT2D eigenvalue weighted by Gasteiger charge is 2.10. The summed E-state index contributed by atoms with van der Waals surface area (Å²) >= 11 is 5.81. The molecule has 0 bridgehead atoms. The summed E-state index contributed by atoms with van der Waals surface area (Å²) in [6, 6.07) is 13.4. The Kier molecular flexibility index (Phi) is 6.47. The van der Waals surface area contributed by atoms with Gasteiger partial charge in [-0.1, -0.05) is 36.4 Å². The van der Waals surface area contributed by atoms with Gasteiger partial charge in [-0.05, 0) is 48.0 Å². The Morgan fingerprint density at radius 1 is 1.04 bits per heavy atom. The third-order valence-electron chi connectivity index (χ3n) is 3.43. The fraction of sp³-hybridized carbons (Fsp3) is 0.0500. The van der Waals surface area contributed by atoms with Gasteiger partial charge in [0, 0.05) is 21.8 Å². The molecule has 0 spiro atoms. The molecule has 5 nitrogen and oxygen atoms in total. The number of carboxylic acids is 1. The van der Waals surface area contributed by atoms with Crippen LogP contribution in [0.15, 0.2) is 66.8 Å². The van der Waals surface area contributed by atoms with E-state index >= 15 is 0 Å². The van der Waals surface area contributed by atoms with Crippen LogP contribution in [-0.4, -0.2) is 22.8 Å². The van der Waals surface area contributed by atoms with Crippen molar-refractivity contribution >= 4 is 41.0 Å². The Bertz CT molecular complexity index is 868. The maximum atomic E-state index is 12.2. The highest BCUT2D eigenvalue weighted by molar-refractivity contribution is 6.30. The summed E-state index contributed by atoms with van der Waals surface area (Å²) in [5, 5.41) is 11.9. The molecule has 0 saturated heterocycles. The second-order valence-corrected chi connectivity index (χ2v) is 5.90. The molecule has 26 heavy (non-hydrogen) atoms. The monoisotopic (exact) mass is 369 g/mol. The minimum atomic E-state index is -1.21. The van der Waals surface area contributed by atoms with Crippen LogP contribution in [0.4, 0.5) is 5.69 Å². The van der Waals surface area contributed by atoms with Gasteiger partial charge in [0.15, 0.2) is 5.78 Å². The first-order chi connectivity index (χ1) is 12.3. The maximum absolute atomic E-state index is 12.2. The van der Waals surface area contributed by atoms with Gasteiger partial charge in [-0.15, -0.1) is 0 Å².